The molecule has 0 bridgehead atoms. The van der Waals surface area contributed by atoms with Crippen LogP contribution in [0.1, 0.15) is 37.3 Å². The number of benzene rings is 2. The van der Waals surface area contributed by atoms with E-state index in [4.69, 9.17) is 0 Å². The molecule has 0 radical (unpaired) electrons. The van der Waals surface area contributed by atoms with E-state index in [1.165, 1.54) is 30.2 Å². The third kappa shape index (κ3) is 4.76. The van der Waals surface area contributed by atoms with Crippen molar-refractivity contribution < 1.29 is 4.79 Å². The predicted molar refractivity (Wildman–Crippen MR) is 118 cm³/mol. The van der Waals surface area contributed by atoms with Crippen molar-refractivity contribution >= 4 is 23.4 Å². The van der Waals surface area contributed by atoms with Crippen molar-refractivity contribution in [3.8, 4) is 5.69 Å². The van der Waals surface area contributed by atoms with Crippen molar-refractivity contribution in [2.45, 2.75) is 37.8 Å². The summed E-state index contributed by atoms with van der Waals surface area (Å²) in [5, 5.41) is 18.6. The third-order valence-corrected chi connectivity index (χ3v) is 5.87. The van der Waals surface area contributed by atoms with E-state index in [2.05, 4.69) is 39.7 Å². The van der Waals surface area contributed by atoms with E-state index in [1.807, 2.05) is 42.5 Å². The number of aromatic nitrogens is 4. The van der Waals surface area contributed by atoms with E-state index in [-0.39, 0.29) is 11.7 Å². The van der Waals surface area contributed by atoms with Gasteiger partial charge in [-0.15, -0.1) is 5.10 Å². The molecule has 1 amide bonds. The SMILES string of the molecule is CCCCc1ccc(-n2nnnc2SCC(=O)N2CCC(c3ccccc3)=N2)cc1. The van der Waals surface area contributed by atoms with E-state index >= 15 is 0 Å². The standard InChI is InChI=1S/C22H24N6OS/c1-2-3-7-17-10-12-19(13-11-17)28-22(23-25-26-28)30-16-21(29)27-15-14-20(24-27)18-8-5-4-6-9-18/h4-6,8-13H,2-3,7,14-16H2,1H3. The van der Waals surface area contributed by atoms with Crippen LogP contribution in [0, 0.1) is 0 Å². The molecule has 8 heteroatoms. The summed E-state index contributed by atoms with van der Waals surface area (Å²) < 4.78 is 1.67. The van der Waals surface area contributed by atoms with E-state index < -0.39 is 0 Å². The molecular formula is C22H24N6OS. The van der Waals surface area contributed by atoms with Gasteiger partial charge in [0.05, 0.1) is 23.7 Å². The minimum absolute atomic E-state index is 0.0459. The average molecular weight is 421 g/mol. The first-order valence-electron chi connectivity index (χ1n) is 10.2. The van der Waals surface area contributed by atoms with Crippen LogP contribution in [0.5, 0.6) is 0 Å². The molecule has 0 fully saturated rings. The molecule has 0 aliphatic carbocycles. The zero-order valence-corrected chi connectivity index (χ0v) is 17.8. The molecule has 2 aromatic carbocycles. The second kappa shape index (κ2) is 9.67. The highest BCUT2D eigenvalue weighted by molar-refractivity contribution is 7.99. The monoisotopic (exact) mass is 420 g/mol. The summed E-state index contributed by atoms with van der Waals surface area (Å²) in [6.45, 7) is 2.80. The van der Waals surface area contributed by atoms with Crippen molar-refractivity contribution in [2.24, 2.45) is 5.10 Å². The second-order valence-corrected chi connectivity index (χ2v) is 8.05. The number of carbonyl (C=O) groups is 1. The Morgan fingerprint density at radius 3 is 2.67 bits per heavy atom. The Hall–Kier alpha value is -3.00. The molecule has 1 aliphatic rings. The maximum absolute atomic E-state index is 12.6. The lowest BCUT2D eigenvalue weighted by Gasteiger charge is -2.11. The topological polar surface area (TPSA) is 76.3 Å². The van der Waals surface area contributed by atoms with Gasteiger partial charge in [-0.05, 0) is 46.5 Å². The molecule has 30 heavy (non-hydrogen) atoms. The molecule has 3 aromatic rings. The molecule has 1 aromatic heterocycles. The molecule has 2 heterocycles. The van der Waals surface area contributed by atoms with Crippen LogP contribution < -0.4 is 0 Å². The van der Waals surface area contributed by atoms with Crippen molar-refractivity contribution in [1.82, 2.24) is 25.2 Å². The quantitative estimate of drug-likeness (QED) is 0.519. The number of hydrogen-bond acceptors (Lipinski definition) is 6. The fourth-order valence-corrected chi connectivity index (χ4v) is 4.05. The number of nitrogens with zero attached hydrogens (tertiary/aromatic N) is 6. The lowest BCUT2D eigenvalue weighted by atomic mass is 10.1. The lowest BCUT2D eigenvalue weighted by molar-refractivity contribution is -0.127. The number of hydrazone groups is 1. The number of hydrogen-bond donors (Lipinski definition) is 0. The zero-order chi connectivity index (χ0) is 20.8. The summed E-state index contributed by atoms with van der Waals surface area (Å²) in [4.78, 5) is 12.6. The van der Waals surface area contributed by atoms with Gasteiger partial charge in [0.25, 0.3) is 5.91 Å². The Bertz CT molecular complexity index is 1020. The summed E-state index contributed by atoms with van der Waals surface area (Å²) in [6, 6.07) is 18.2. The predicted octanol–water partition coefficient (Wildman–Crippen LogP) is 3.73. The highest BCUT2D eigenvalue weighted by Crippen LogP contribution is 2.21. The number of amides is 1. The number of thioether (sulfide) groups is 1. The van der Waals surface area contributed by atoms with Gasteiger partial charge in [-0.3, -0.25) is 4.79 Å². The number of rotatable bonds is 8. The Kier molecular flexibility index (Phi) is 6.53. The minimum atomic E-state index is -0.0459. The molecule has 0 N–H and O–H groups in total. The number of unbranched alkanes of at least 4 members (excludes halogenated alkanes) is 1. The first-order chi connectivity index (χ1) is 14.7. The van der Waals surface area contributed by atoms with Crippen molar-refractivity contribution in [3.05, 3.63) is 65.7 Å². The first-order valence-corrected chi connectivity index (χ1v) is 11.2. The van der Waals surface area contributed by atoms with Gasteiger partial charge in [-0.25, -0.2) is 5.01 Å². The molecule has 0 saturated heterocycles. The molecule has 154 valence electrons. The second-order valence-electron chi connectivity index (χ2n) is 7.11. The smallest absolute Gasteiger partial charge is 0.253 e. The minimum Gasteiger partial charge on any atom is -0.272 e. The molecule has 0 saturated carbocycles. The molecule has 0 unspecified atom stereocenters. The van der Waals surface area contributed by atoms with Gasteiger partial charge in [0.2, 0.25) is 5.16 Å². The van der Waals surface area contributed by atoms with Gasteiger partial charge in [0.15, 0.2) is 0 Å². The molecule has 7 nitrogen and oxygen atoms in total. The Morgan fingerprint density at radius 1 is 1.10 bits per heavy atom. The fourth-order valence-electron chi connectivity index (χ4n) is 3.29. The van der Waals surface area contributed by atoms with Crippen LogP contribution in [0.25, 0.3) is 5.69 Å². The van der Waals surface area contributed by atoms with E-state index in [0.29, 0.717) is 11.7 Å². The Morgan fingerprint density at radius 2 is 1.90 bits per heavy atom. The summed E-state index contributed by atoms with van der Waals surface area (Å²) in [5.74, 6) is 0.191. The lowest BCUT2D eigenvalue weighted by Crippen LogP contribution is -2.25. The summed E-state index contributed by atoms with van der Waals surface area (Å²) >= 11 is 1.33. The van der Waals surface area contributed by atoms with Gasteiger partial charge in [0.1, 0.15) is 0 Å². The van der Waals surface area contributed by atoms with Crippen LogP contribution in [0.15, 0.2) is 64.9 Å². The van der Waals surface area contributed by atoms with E-state index in [0.717, 1.165) is 29.8 Å². The third-order valence-electron chi connectivity index (χ3n) is 4.96. The van der Waals surface area contributed by atoms with Crippen molar-refractivity contribution in [1.29, 1.82) is 0 Å². The number of carbonyl (C=O) groups excluding carboxylic acids is 1. The highest BCUT2D eigenvalue weighted by Gasteiger charge is 2.22. The Balaban J connectivity index is 1.38. The largest absolute Gasteiger partial charge is 0.272 e. The maximum atomic E-state index is 12.6. The van der Waals surface area contributed by atoms with Crippen LogP contribution in [0.4, 0.5) is 0 Å². The average Bonchev–Trinajstić information content (AvgIpc) is 3.47. The van der Waals surface area contributed by atoms with Gasteiger partial charge < -0.3 is 0 Å². The number of aryl methyl sites for hydroxylation is 1. The van der Waals surface area contributed by atoms with Crippen molar-refractivity contribution in [3.63, 3.8) is 0 Å². The zero-order valence-electron chi connectivity index (χ0n) is 16.9. The number of tetrazole rings is 1. The van der Waals surface area contributed by atoms with Crippen LogP contribution in [-0.4, -0.2) is 49.1 Å². The summed E-state index contributed by atoms with van der Waals surface area (Å²) in [6.07, 6.45) is 4.20. The van der Waals surface area contributed by atoms with Gasteiger partial charge >= 0.3 is 0 Å². The highest BCUT2D eigenvalue weighted by atomic mass is 32.2. The first kappa shape index (κ1) is 20.3. The summed E-state index contributed by atoms with van der Waals surface area (Å²) in [7, 11) is 0. The maximum Gasteiger partial charge on any atom is 0.253 e. The van der Waals surface area contributed by atoms with Crippen LogP contribution in [0.3, 0.4) is 0 Å². The molecule has 0 spiro atoms. The Labute approximate surface area is 180 Å². The normalized spacial score (nSPS) is 13.5. The molecule has 1 aliphatic heterocycles. The molecular weight excluding hydrogens is 396 g/mol. The summed E-state index contributed by atoms with van der Waals surface area (Å²) in [5.41, 5.74) is 4.20. The van der Waals surface area contributed by atoms with Crippen LogP contribution >= 0.6 is 11.8 Å². The van der Waals surface area contributed by atoms with Crippen LogP contribution in [-0.2, 0) is 11.2 Å². The van der Waals surface area contributed by atoms with Crippen molar-refractivity contribution in [2.75, 3.05) is 12.3 Å². The van der Waals surface area contributed by atoms with Gasteiger partial charge in [0, 0.05) is 6.42 Å². The van der Waals surface area contributed by atoms with E-state index in [1.54, 1.807) is 9.69 Å². The van der Waals surface area contributed by atoms with Gasteiger partial charge in [-0.2, -0.15) is 9.78 Å². The molecule has 0 atom stereocenters. The molecule has 4 rings (SSSR count). The van der Waals surface area contributed by atoms with Crippen LogP contribution in [0.2, 0.25) is 0 Å². The van der Waals surface area contributed by atoms with E-state index in [9.17, 15) is 4.79 Å². The van der Waals surface area contributed by atoms with Gasteiger partial charge in [-0.1, -0.05) is 67.6 Å². The fraction of sp³-hybridized carbons (Fsp3) is 0.318.